The van der Waals surface area contributed by atoms with Gasteiger partial charge in [-0.05, 0) is 35.7 Å². The van der Waals surface area contributed by atoms with Crippen LogP contribution < -0.4 is 0 Å². The van der Waals surface area contributed by atoms with Gasteiger partial charge in [-0.2, -0.15) is 0 Å². The number of rotatable bonds is 7. The van der Waals surface area contributed by atoms with E-state index in [9.17, 15) is 19.5 Å². The number of hydrogen-bond acceptors (Lipinski definition) is 5. The van der Waals surface area contributed by atoms with Crippen LogP contribution in [0.3, 0.4) is 0 Å². The van der Waals surface area contributed by atoms with E-state index in [0.717, 1.165) is 0 Å². The van der Waals surface area contributed by atoms with E-state index < -0.39 is 23.7 Å². The van der Waals surface area contributed by atoms with Crippen molar-refractivity contribution in [1.82, 2.24) is 4.90 Å². The Morgan fingerprint density at radius 2 is 1.86 bits per heavy atom. The molecule has 0 saturated carbocycles. The molecule has 0 bridgehead atoms. The molecule has 1 aliphatic rings. The highest BCUT2D eigenvalue weighted by Gasteiger charge is 2.44. The SMILES string of the molecule is CC(C)CC(=O)C1=C(O)C(=O)N(Cc2ccc(C(=O)O)cc2)C1c1ccco1. The fourth-order valence-electron chi connectivity index (χ4n) is 3.27. The number of aliphatic hydroxyl groups excluding tert-OH is 1. The molecule has 146 valence electrons. The lowest BCUT2D eigenvalue weighted by molar-refractivity contribution is -0.130. The van der Waals surface area contributed by atoms with Gasteiger partial charge in [0, 0.05) is 13.0 Å². The third kappa shape index (κ3) is 3.69. The Labute approximate surface area is 161 Å². The number of amides is 1. The molecule has 0 radical (unpaired) electrons. The summed E-state index contributed by atoms with van der Waals surface area (Å²) in [7, 11) is 0. The molecule has 1 aliphatic heterocycles. The summed E-state index contributed by atoms with van der Waals surface area (Å²) in [5.74, 6) is -2.11. The molecule has 2 heterocycles. The van der Waals surface area contributed by atoms with E-state index in [1.54, 1.807) is 24.3 Å². The molecule has 0 saturated heterocycles. The van der Waals surface area contributed by atoms with Crippen LogP contribution in [-0.4, -0.2) is 32.8 Å². The Hall–Kier alpha value is -3.35. The van der Waals surface area contributed by atoms with Gasteiger partial charge in [0.15, 0.2) is 11.5 Å². The van der Waals surface area contributed by atoms with Crippen molar-refractivity contribution in [1.29, 1.82) is 0 Å². The normalized spacial score (nSPS) is 16.9. The quantitative estimate of drug-likeness (QED) is 0.758. The second-order valence-corrected chi connectivity index (χ2v) is 7.14. The molecule has 0 fully saturated rings. The molecular formula is C21H21NO6. The maximum Gasteiger partial charge on any atom is 0.335 e. The Morgan fingerprint density at radius 3 is 2.39 bits per heavy atom. The molecule has 7 nitrogen and oxygen atoms in total. The molecule has 1 aromatic heterocycles. The van der Waals surface area contributed by atoms with E-state index >= 15 is 0 Å². The van der Waals surface area contributed by atoms with Crippen molar-refractivity contribution in [3.05, 3.63) is 70.9 Å². The van der Waals surface area contributed by atoms with Crippen molar-refractivity contribution in [2.75, 3.05) is 0 Å². The minimum absolute atomic E-state index is 0.0378. The van der Waals surface area contributed by atoms with E-state index in [1.807, 2.05) is 13.8 Å². The molecule has 1 atom stereocenters. The highest BCUT2D eigenvalue weighted by atomic mass is 16.4. The van der Waals surface area contributed by atoms with Gasteiger partial charge >= 0.3 is 5.97 Å². The van der Waals surface area contributed by atoms with Crippen LogP contribution in [0.5, 0.6) is 0 Å². The maximum atomic E-state index is 12.7. The molecule has 2 N–H and O–H groups in total. The molecule has 7 heteroatoms. The zero-order valence-corrected chi connectivity index (χ0v) is 15.6. The van der Waals surface area contributed by atoms with Crippen molar-refractivity contribution in [2.24, 2.45) is 5.92 Å². The second-order valence-electron chi connectivity index (χ2n) is 7.14. The summed E-state index contributed by atoms with van der Waals surface area (Å²) in [6.07, 6.45) is 1.64. The van der Waals surface area contributed by atoms with Crippen LogP contribution in [0.4, 0.5) is 0 Å². The predicted octanol–water partition coefficient (Wildman–Crippen LogP) is 3.49. The van der Waals surface area contributed by atoms with Crippen LogP contribution >= 0.6 is 0 Å². The number of ketones is 1. The number of carbonyl (C=O) groups is 3. The van der Waals surface area contributed by atoms with E-state index in [4.69, 9.17) is 9.52 Å². The van der Waals surface area contributed by atoms with Gasteiger partial charge < -0.3 is 19.5 Å². The molecule has 1 unspecified atom stereocenters. The van der Waals surface area contributed by atoms with Crippen LogP contribution in [0.25, 0.3) is 0 Å². The fraction of sp³-hybridized carbons (Fsp3) is 0.286. The minimum atomic E-state index is -1.04. The Balaban J connectivity index is 1.95. The number of furan rings is 1. The third-order valence-corrected chi connectivity index (χ3v) is 4.56. The lowest BCUT2D eigenvalue weighted by Crippen LogP contribution is -2.30. The molecule has 0 aliphatic carbocycles. The van der Waals surface area contributed by atoms with Crippen molar-refractivity contribution >= 4 is 17.7 Å². The summed E-state index contributed by atoms with van der Waals surface area (Å²) >= 11 is 0. The zero-order valence-electron chi connectivity index (χ0n) is 15.6. The molecular weight excluding hydrogens is 362 g/mol. The van der Waals surface area contributed by atoms with Crippen LogP contribution in [-0.2, 0) is 16.1 Å². The number of aromatic carboxylic acids is 1. The number of aliphatic hydroxyl groups is 1. The van der Waals surface area contributed by atoms with Gasteiger partial charge in [-0.3, -0.25) is 9.59 Å². The van der Waals surface area contributed by atoms with E-state index in [0.29, 0.717) is 11.3 Å². The standard InChI is InChI=1S/C21H21NO6/c1-12(2)10-15(23)17-18(16-4-3-9-28-16)22(20(25)19(17)24)11-13-5-7-14(8-6-13)21(26)27/h3-9,12,18,24H,10-11H2,1-2H3,(H,26,27). The summed E-state index contributed by atoms with van der Waals surface area (Å²) in [6, 6.07) is 8.56. The van der Waals surface area contributed by atoms with Gasteiger partial charge in [0.1, 0.15) is 11.8 Å². The lowest BCUT2D eigenvalue weighted by atomic mass is 9.95. The smallest absolute Gasteiger partial charge is 0.335 e. The Kier molecular flexibility index (Phi) is 5.35. The number of benzene rings is 1. The summed E-state index contributed by atoms with van der Waals surface area (Å²) in [6.45, 7) is 3.86. The number of carboxylic acids is 1. The van der Waals surface area contributed by atoms with Crippen LogP contribution in [0.2, 0.25) is 0 Å². The van der Waals surface area contributed by atoms with Gasteiger partial charge in [-0.1, -0.05) is 26.0 Å². The fourth-order valence-corrected chi connectivity index (χ4v) is 3.27. The van der Waals surface area contributed by atoms with Crippen molar-refractivity contribution in [2.45, 2.75) is 32.9 Å². The number of hydrogen-bond donors (Lipinski definition) is 2. The summed E-state index contributed by atoms with van der Waals surface area (Å²) < 4.78 is 5.45. The van der Waals surface area contributed by atoms with Crippen LogP contribution in [0.15, 0.2) is 58.4 Å². The molecule has 0 spiro atoms. The average Bonchev–Trinajstić information content (AvgIpc) is 3.24. The Morgan fingerprint density at radius 1 is 1.18 bits per heavy atom. The highest BCUT2D eigenvalue weighted by Crippen LogP contribution is 2.39. The summed E-state index contributed by atoms with van der Waals surface area (Å²) in [4.78, 5) is 37.8. The number of nitrogens with zero attached hydrogens (tertiary/aromatic N) is 1. The molecule has 1 aromatic carbocycles. The van der Waals surface area contributed by atoms with E-state index in [2.05, 4.69) is 0 Å². The van der Waals surface area contributed by atoms with Crippen molar-refractivity contribution < 1.29 is 29.0 Å². The Bertz CT molecular complexity index is 924. The summed E-state index contributed by atoms with van der Waals surface area (Å²) in [5.41, 5.74) is 0.837. The average molecular weight is 383 g/mol. The topological polar surface area (TPSA) is 108 Å². The van der Waals surface area contributed by atoms with Crippen molar-refractivity contribution in [3.8, 4) is 0 Å². The summed E-state index contributed by atoms with van der Waals surface area (Å²) in [5, 5.41) is 19.4. The van der Waals surface area contributed by atoms with E-state index in [-0.39, 0.29) is 35.8 Å². The van der Waals surface area contributed by atoms with Crippen LogP contribution in [0.1, 0.15) is 48.0 Å². The maximum absolute atomic E-state index is 12.7. The number of Topliss-reactive ketones (excluding diaryl/α,β-unsaturated/α-hetero) is 1. The monoisotopic (exact) mass is 383 g/mol. The molecule has 3 rings (SSSR count). The zero-order chi connectivity index (χ0) is 20.4. The predicted molar refractivity (Wildman–Crippen MR) is 99.5 cm³/mol. The van der Waals surface area contributed by atoms with Gasteiger partial charge in [-0.25, -0.2) is 4.79 Å². The highest BCUT2D eigenvalue weighted by molar-refractivity contribution is 6.08. The number of carboxylic acid groups (broad SMARTS) is 1. The third-order valence-electron chi connectivity index (χ3n) is 4.56. The van der Waals surface area contributed by atoms with Crippen molar-refractivity contribution in [3.63, 3.8) is 0 Å². The first kappa shape index (κ1) is 19.4. The first-order chi connectivity index (χ1) is 13.3. The van der Waals surface area contributed by atoms with Gasteiger partial charge in [-0.15, -0.1) is 0 Å². The first-order valence-electron chi connectivity index (χ1n) is 8.92. The molecule has 28 heavy (non-hydrogen) atoms. The molecule has 1 amide bonds. The lowest BCUT2D eigenvalue weighted by Gasteiger charge is -2.25. The van der Waals surface area contributed by atoms with E-state index in [1.165, 1.54) is 23.3 Å². The second kappa shape index (κ2) is 7.72. The minimum Gasteiger partial charge on any atom is -0.503 e. The van der Waals surface area contributed by atoms with Gasteiger partial charge in [0.2, 0.25) is 0 Å². The van der Waals surface area contributed by atoms with Crippen LogP contribution in [0, 0.1) is 5.92 Å². The molecule has 2 aromatic rings. The number of carbonyl (C=O) groups excluding carboxylic acids is 2. The van der Waals surface area contributed by atoms with Gasteiger partial charge in [0.05, 0.1) is 17.4 Å². The first-order valence-corrected chi connectivity index (χ1v) is 8.92. The van der Waals surface area contributed by atoms with Gasteiger partial charge in [0.25, 0.3) is 5.91 Å². The largest absolute Gasteiger partial charge is 0.503 e.